The lowest BCUT2D eigenvalue weighted by atomic mass is 9.90. The predicted molar refractivity (Wildman–Crippen MR) is 135 cm³/mol. The molecule has 3 aromatic rings. The molecule has 0 bridgehead atoms. The van der Waals surface area contributed by atoms with Crippen molar-refractivity contribution in [2.75, 3.05) is 27.4 Å². The maximum absolute atomic E-state index is 12.9. The molecule has 0 aliphatic carbocycles. The third-order valence-corrected chi connectivity index (χ3v) is 7.39. The van der Waals surface area contributed by atoms with E-state index in [2.05, 4.69) is 5.38 Å². The van der Waals surface area contributed by atoms with E-state index < -0.39 is 11.5 Å². The Kier molecular flexibility index (Phi) is 7.18. The van der Waals surface area contributed by atoms with Crippen LogP contribution in [0, 0.1) is 0 Å². The molecule has 1 atom stereocenters. The van der Waals surface area contributed by atoms with Crippen molar-refractivity contribution in [3.05, 3.63) is 52.4 Å². The number of nitrogens with two attached hydrogens (primary N) is 1. The Bertz CT molecular complexity index is 1250. The Balaban J connectivity index is 1.35. The molecule has 0 radical (unpaired) electrons. The summed E-state index contributed by atoms with van der Waals surface area (Å²) in [5, 5.41) is 12.0. The van der Waals surface area contributed by atoms with Gasteiger partial charge in [0.2, 0.25) is 0 Å². The minimum Gasteiger partial charge on any atom is -0.493 e. The van der Waals surface area contributed by atoms with Crippen molar-refractivity contribution in [3.8, 4) is 17.2 Å². The number of hydrogen-bond donors (Lipinski definition) is 2. The second-order valence-corrected chi connectivity index (χ2v) is 10.0. The maximum Gasteiger partial charge on any atom is 0.341 e. The Hall–Kier alpha value is -3.30. The number of carbonyl (C=O) groups is 2. The number of benzene rings is 2. The molecule has 35 heavy (non-hydrogen) atoms. The van der Waals surface area contributed by atoms with Crippen LogP contribution in [0.15, 0.2) is 35.7 Å². The summed E-state index contributed by atoms with van der Waals surface area (Å²) >= 11 is 1.60. The van der Waals surface area contributed by atoms with Gasteiger partial charge < -0.3 is 30.0 Å². The van der Waals surface area contributed by atoms with E-state index in [4.69, 9.17) is 25.1 Å². The molecule has 9 heteroatoms. The van der Waals surface area contributed by atoms with Crippen LogP contribution in [-0.2, 0) is 17.8 Å². The van der Waals surface area contributed by atoms with E-state index in [0.717, 1.165) is 28.5 Å². The molecule has 1 aliphatic rings. The molecule has 1 aromatic heterocycles. The summed E-state index contributed by atoms with van der Waals surface area (Å²) in [5.74, 6) is 0.699. The number of fused-ring (bicyclic) bond motifs is 2. The van der Waals surface area contributed by atoms with Gasteiger partial charge in [-0.05, 0) is 78.4 Å². The molecule has 0 saturated heterocycles. The Morgan fingerprint density at radius 3 is 2.63 bits per heavy atom. The van der Waals surface area contributed by atoms with Crippen molar-refractivity contribution in [1.82, 2.24) is 4.90 Å². The largest absolute Gasteiger partial charge is 0.493 e. The van der Waals surface area contributed by atoms with Crippen molar-refractivity contribution in [2.45, 2.75) is 38.3 Å². The molecule has 2 heterocycles. The molecule has 0 saturated carbocycles. The average molecular weight is 499 g/mol. The molecule has 1 aliphatic heterocycles. The number of methoxy groups -OCH3 is 2. The molecule has 0 spiro atoms. The highest BCUT2D eigenvalue weighted by Gasteiger charge is 2.31. The van der Waals surface area contributed by atoms with Gasteiger partial charge in [0.1, 0.15) is 5.75 Å². The molecule has 1 unspecified atom stereocenters. The first-order valence-electron chi connectivity index (χ1n) is 11.4. The van der Waals surface area contributed by atoms with Crippen LogP contribution in [0.1, 0.15) is 41.3 Å². The number of aliphatic carboxylic acids is 1. The third kappa shape index (κ3) is 5.52. The Morgan fingerprint density at radius 1 is 1.17 bits per heavy atom. The fourth-order valence-electron chi connectivity index (χ4n) is 4.31. The summed E-state index contributed by atoms with van der Waals surface area (Å²) in [6.07, 6.45) is 2.26. The number of carboxylic acids is 1. The molecule has 186 valence electrons. The molecule has 2 aromatic carbocycles. The standard InChI is InChI=1S/C26H30N2O6S/c1-26(27,7-6-16-15-35-23-11-18(4-5-19(16)23)34-14-24(29)30)8-9-28-13-17-10-21(32-2)22(33-3)12-20(17)25(28)31/h4-5,10-12,15H,6-9,13-14,27H2,1-3H3,(H,29,30). The second-order valence-electron chi connectivity index (χ2n) is 9.10. The fraction of sp³-hybridized carbons (Fsp3) is 0.385. The smallest absolute Gasteiger partial charge is 0.341 e. The molecule has 3 N–H and O–H groups in total. The van der Waals surface area contributed by atoms with Gasteiger partial charge in [0.05, 0.1) is 14.2 Å². The summed E-state index contributed by atoms with van der Waals surface area (Å²) in [4.78, 5) is 25.5. The zero-order valence-corrected chi connectivity index (χ0v) is 20.9. The van der Waals surface area contributed by atoms with E-state index in [-0.39, 0.29) is 12.5 Å². The highest BCUT2D eigenvalue weighted by Crippen LogP contribution is 2.35. The third-order valence-electron chi connectivity index (χ3n) is 6.40. The molecule has 1 amide bonds. The van der Waals surface area contributed by atoms with Crippen molar-refractivity contribution in [1.29, 1.82) is 0 Å². The molecular weight excluding hydrogens is 468 g/mol. The van der Waals surface area contributed by atoms with Gasteiger partial charge in [0, 0.05) is 28.9 Å². The number of rotatable bonds is 11. The molecular formula is C26H30N2O6S. The minimum absolute atomic E-state index is 0.0125. The summed E-state index contributed by atoms with van der Waals surface area (Å²) in [6.45, 7) is 2.77. The van der Waals surface area contributed by atoms with Gasteiger partial charge in [-0.1, -0.05) is 0 Å². The van der Waals surface area contributed by atoms with Crippen LogP contribution in [0.2, 0.25) is 0 Å². The molecule has 8 nitrogen and oxygen atoms in total. The van der Waals surface area contributed by atoms with Crippen LogP contribution in [-0.4, -0.2) is 54.8 Å². The average Bonchev–Trinajstić information content (AvgIpc) is 3.39. The summed E-state index contributed by atoms with van der Waals surface area (Å²) in [6, 6.07) is 9.25. The highest BCUT2D eigenvalue weighted by atomic mass is 32.1. The van der Waals surface area contributed by atoms with Crippen LogP contribution in [0.25, 0.3) is 10.1 Å². The van der Waals surface area contributed by atoms with Crippen molar-refractivity contribution >= 4 is 33.3 Å². The molecule has 0 fully saturated rings. The predicted octanol–water partition coefficient (Wildman–Crippen LogP) is 4.08. The first-order chi connectivity index (χ1) is 16.7. The molecule has 4 rings (SSSR count). The van der Waals surface area contributed by atoms with Crippen LogP contribution < -0.4 is 19.9 Å². The zero-order chi connectivity index (χ0) is 25.2. The van der Waals surface area contributed by atoms with Crippen molar-refractivity contribution in [2.24, 2.45) is 5.73 Å². The van der Waals surface area contributed by atoms with E-state index in [1.54, 1.807) is 37.7 Å². The SMILES string of the molecule is COc1cc2c(cc1OC)C(=O)N(CCC(C)(N)CCc1csc3cc(OCC(=O)O)ccc13)C2. The van der Waals surface area contributed by atoms with E-state index in [0.29, 0.717) is 42.3 Å². The summed E-state index contributed by atoms with van der Waals surface area (Å²) < 4.78 is 17.0. The van der Waals surface area contributed by atoms with Crippen molar-refractivity contribution < 1.29 is 28.9 Å². The normalized spacial score (nSPS) is 14.6. The quantitative estimate of drug-likeness (QED) is 0.410. The monoisotopic (exact) mass is 498 g/mol. The first-order valence-corrected chi connectivity index (χ1v) is 12.3. The Labute approximate surface area is 208 Å². The number of aryl methyl sites for hydroxylation is 1. The number of carboxylic acid groups (broad SMARTS) is 1. The fourth-order valence-corrected chi connectivity index (χ4v) is 5.33. The number of carbonyl (C=O) groups excluding carboxylic acids is 1. The lowest BCUT2D eigenvalue weighted by molar-refractivity contribution is -0.139. The van der Waals surface area contributed by atoms with Crippen molar-refractivity contribution in [3.63, 3.8) is 0 Å². The summed E-state index contributed by atoms with van der Waals surface area (Å²) in [7, 11) is 3.14. The highest BCUT2D eigenvalue weighted by molar-refractivity contribution is 7.17. The van der Waals surface area contributed by atoms with E-state index >= 15 is 0 Å². The second kappa shape index (κ2) is 10.1. The Morgan fingerprint density at radius 2 is 1.91 bits per heavy atom. The van der Waals surface area contributed by atoms with Crippen LogP contribution >= 0.6 is 11.3 Å². The summed E-state index contributed by atoms with van der Waals surface area (Å²) in [5.41, 5.74) is 8.99. The number of ether oxygens (including phenoxy) is 3. The van der Waals surface area contributed by atoms with Crippen LogP contribution in [0.3, 0.4) is 0 Å². The lowest BCUT2D eigenvalue weighted by Crippen LogP contribution is -2.40. The number of amides is 1. The first kappa shape index (κ1) is 24.8. The van der Waals surface area contributed by atoms with E-state index in [1.807, 2.05) is 30.0 Å². The zero-order valence-electron chi connectivity index (χ0n) is 20.1. The van der Waals surface area contributed by atoms with Gasteiger partial charge in [-0.3, -0.25) is 4.79 Å². The lowest BCUT2D eigenvalue weighted by Gasteiger charge is -2.27. The number of nitrogens with zero attached hydrogens (tertiary/aromatic N) is 1. The van der Waals surface area contributed by atoms with Gasteiger partial charge in [0.15, 0.2) is 18.1 Å². The van der Waals surface area contributed by atoms with Gasteiger partial charge in [0.25, 0.3) is 5.91 Å². The van der Waals surface area contributed by atoms with Crippen LogP contribution in [0.5, 0.6) is 17.2 Å². The van der Waals surface area contributed by atoms with E-state index in [9.17, 15) is 9.59 Å². The number of thiophene rings is 1. The van der Waals surface area contributed by atoms with Gasteiger partial charge in [-0.25, -0.2) is 4.79 Å². The van der Waals surface area contributed by atoms with Gasteiger partial charge >= 0.3 is 5.97 Å². The van der Waals surface area contributed by atoms with Gasteiger partial charge in [-0.15, -0.1) is 11.3 Å². The minimum atomic E-state index is -1.00. The van der Waals surface area contributed by atoms with Gasteiger partial charge in [-0.2, -0.15) is 0 Å². The van der Waals surface area contributed by atoms with E-state index in [1.165, 1.54) is 5.56 Å². The maximum atomic E-state index is 12.9. The number of hydrogen-bond acceptors (Lipinski definition) is 7. The van der Waals surface area contributed by atoms with Crippen LogP contribution in [0.4, 0.5) is 0 Å². The topological polar surface area (TPSA) is 111 Å².